The van der Waals surface area contributed by atoms with Gasteiger partial charge in [0.15, 0.2) is 0 Å². The summed E-state index contributed by atoms with van der Waals surface area (Å²) in [4.78, 5) is 26.4. The molecule has 2 heterocycles. The number of carbonyl (C=O) groups is 2. The van der Waals surface area contributed by atoms with Crippen LogP contribution in [-0.4, -0.2) is 17.6 Å². The van der Waals surface area contributed by atoms with E-state index < -0.39 is 5.92 Å². The lowest BCUT2D eigenvalue weighted by Gasteiger charge is -2.28. The second kappa shape index (κ2) is 11.7. The number of nitriles is 1. The van der Waals surface area contributed by atoms with Gasteiger partial charge in [0.1, 0.15) is 5.76 Å². The number of aryl methyl sites for hydroxylation is 5. The molecule has 4 rings (SSSR count). The van der Waals surface area contributed by atoms with Gasteiger partial charge in [0.25, 0.3) is 5.91 Å². The summed E-state index contributed by atoms with van der Waals surface area (Å²) in [5.41, 5.74) is 8.04. The largest absolute Gasteiger partial charge is 0.468 e. The number of nitrogens with one attached hydrogen (secondary N) is 3. The first-order chi connectivity index (χ1) is 18.6. The Balaban J connectivity index is 1.60. The summed E-state index contributed by atoms with van der Waals surface area (Å²) in [5, 5.41) is 19.9. The summed E-state index contributed by atoms with van der Waals surface area (Å²) >= 11 is 1.22. The maximum Gasteiger partial charge on any atom is 0.254 e. The molecule has 8 heteroatoms. The summed E-state index contributed by atoms with van der Waals surface area (Å²) in [7, 11) is 0. The fourth-order valence-corrected chi connectivity index (χ4v) is 5.67. The molecule has 0 fully saturated rings. The van der Waals surface area contributed by atoms with Crippen LogP contribution in [0.1, 0.15) is 46.4 Å². The number of rotatable bonds is 7. The Morgan fingerprint density at radius 1 is 0.974 bits per heavy atom. The molecule has 1 aliphatic heterocycles. The average Bonchev–Trinajstić information content (AvgIpc) is 3.41. The first-order valence-electron chi connectivity index (χ1n) is 12.6. The van der Waals surface area contributed by atoms with Gasteiger partial charge in [-0.2, -0.15) is 5.26 Å². The lowest BCUT2D eigenvalue weighted by molar-refractivity contribution is -0.114. The molecule has 3 N–H and O–H groups in total. The standard InChI is InChI=1S/C31H32N4O3S/c1-17-12-20(4)29(21(5)13-17)35-30(37)27-22(6)33-31(24(15-32)28(27)25-8-7-11-38-25)39-16-26(36)34-23-10-9-18(2)19(3)14-23/h7-14,28,33H,16H2,1-6H3,(H,34,36)(H,35,37)/t28-/m0/s1. The fourth-order valence-electron chi connectivity index (χ4n) is 4.78. The molecule has 0 spiro atoms. The normalized spacial score (nSPS) is 15.1. The summed E-state index contributed by atoms with van der Waals surface area (Å²) in [6.45, 7) is 11.7. The van der Waals surface area contributed by atoms with Gasteiger partial charge >= 0.3 is 0 Å². The number of thioether (sulfide) groups is 1. The van der Waals surface area contributed by atoms with E-state index in [0.717, 1.165) is 39.2 Å². The van der Waals surface area contributed by atoms with E-state index in [-0.39, 0.29) is 17.6 Å². The van der Waals surface area contributed by atoms with Crippen molar-refractivity contribution in [3.63, 3.8) is 0 Å². The Hall–Kier alpha value is -4.22. The van der Waals surface area contributed by atoms with Crippen LogP contribution in [0.3, 0.4) is 0 Å². The number of allylic oxidation sites excluding steroid dienone is 2. The van der Waals surface area contributed by atoms with Crippen molar-refractivity contribution in [2.24, 2.45) is 0 Å². The Labute approximate surface area is 233 Å². The van der Waals surface area contributed by atoms with Crippen molar-refractivity contribution < 1.29 is 14.0 Å². The van der Waals surface area contributed by atoms with Gasteiger partial charge in [-0.25, -0.2) is 0 Å². The highest BCUT2D eigenvalue weighted by Crippen LogP contribution is 2.41. The summed E-state index contributed by atoms with van der Waals surface area (Å²) in [6.07, 6.45) is 1.52. The van der Waals surface area contributed by atoms with Crippen LogP contribution in [0.15, 0.2) is 75.0 Å². The van der Waals surface area contributed by atoms with Gasteiger partial charge in [0.2, 0.25) is 5.91 Å². The number of benzene rings is 2. The number of hydrogen-bond acceptors (Lipinski definition) is 6. The molecule has 1 aromatic heterocycles. The van der Waals surface area contributed by atoms with E-state index in [1.165, 1.54) is 18.0 Å². The number of furan rings is 1. The van der Waals surface area contributed by atoms with Gasteiger partial charge in [0, 0.05) is 17.1 Å². The van der Waals surface area contributed by atoms with Gasteiger partial charge in [-0.15, -0.1) is 0 Å². The molecule has 1 atom stereocenters. The fraction of sp³-hybridized carbons (Fsp3) is 0.258. The topological polar surface area (TPSA) is 107 Å². The molecular weight excluding hydrogens is 508 g/mol. The molecule has 39 heavy (non-hydrogen) atoms. The highest BCUT2D eigenvalue weighted by molar-refractivity contribution is 8.03. The monoisotopic (exact) mass is 540 g/mol. The minimum atomic E-state index is -0.720. The molecule has 3 aromatic rings. The summed E-state index contributed by atoms with van der Waals surface area (Å²) in [6, 6.07) is 15.6. The van der Waals surface area contributed by atoms with Gasteiger partial charge in [-0.05, 0) is 88.1 Å². The van der Waals surface area contributed by atoms with E-state index in [9.17, 15) is 14.9 Å². The quantitative estimate of drug-likeness (QED) is 0.315. The predicted molar refractivity (Wildman–Crippen MR) is 156 cm³/mol. The molecule has 0 bridgehead atoms. The minimum Gasteiger partial charge on any atom is -0.468 e. The Morgan fingerprint density at radius 3 is 2.31 bits per heavy atom. The highest BCUT2D eigenvalue weighted by atomic mass is 32.2. The number of anilines is 2. The van der Waals surface area contributed by atoms with Crippen LogP contribution in [0.4, 0.5) is 11.4 Å². The van der Waals surface area contributed by atoms with E-state index >= 15 is 0 Å². The molecule has 2 aromatic carbocycles. The van der Waals surface area contributed by atoms with Crippen LogP contribution in [-0.2, 0) is 9.59 Å². The van der Waals surface area contributed by atoms with Gasteiger partial charge < -0.3 is 20.4 Å². The summed E-state index contributed by atoms with van der Waals surface area (Å²) < 4.78 is 5.71. The third-order valence-corrected chi connectivity index (χ3v) is 7.79. The maximum absolute atomic E-state index is 13.7. The molecule has 2 amide bonds. The zero-order valence-electron chi connectivity index (χ0n) is 23.0. The first-order valence-corrected chi connectivity index (χ1v) is 13.6. The zero-order chi connectivity index (χ0) is 28.3. The number of dihydropyridines is 1. The van der Waals surface area contributed by atoms with Crippen LogP contribution in [0.5, 0.6) is 0 Å². The SMILES string of the molecule is CC1=C(C(=O)Nc2c(C)cc(C)cc2C)[C@H](c2ccco2)C(C#N)=C(SCC(=O)Nc2ccc(C)c(C)c2)N1. The molecule has 0 saturated heterocycles. The van der Waals surface area contributed by atoms with Crippen LogP contribution in [0, 0.1) is 45.9 Å². The molecular formula is C31H32N4O3S. The number of carbonyl (C=O) groups excluding carboxylic acids is 2. The molecule has 0 saturated carbocycles. The molecule has 0 radical (unpaired) electrons. The van der Waals surface area contributed by atoms with E-state index in [1.54, 1.807) is 19.1 Å². The maximum atomic E-state index is 13.7. The van der Waals surface area contributed by atoms with E-state index in [4.69, 9.17) is 4.42 Å². The first kappa shape index (κ1) is 27.8. The second-order valence-corrected chi connectivity index (χ2v) is 10.8. The number of amides is 2. The molecule has 7 nitrogen and oxygen atoms in total. The Kier molecular flexibility index (Phi) is 8.32. The van der Waals surface area contributed by atoms with Crippen molar-refractivity contribution >= 4 is 35.0 Å². The van der Waals surface area contributed by atoms with Crippen molar-refractivity contribution in [3.8, 4) is 6.07 Å². The average molecular weight is 541 g/mol. The van der Waals surface area contributed by atoms with Crippen molar-refractivity contribution in [3.05, 3.63) is 104 Å². The lowest BCUT2D eigenvalue weighted by Crippen LogP contribution is -2.31. The van der Waals surface area contributed by atoms with Crippen LogP contribution in [0.2, 0.25) is 0 Å². The third-order valence-electron chi connectivity index (χ3n) is 6.77. The van der Waals surface area contributed by atoms with Gasteiger partial charge in [-0.1, -0.05) is 35.5 Å². The van der Waals surface area contributed by atoms with Gasteiger partial charge in [-0.3, -0.25) is 9.59 Å². The molecule has 1 aliphatic rings. The zero-order valence-corrected chi connectivity index (χ0v) is 23.8. The second-order valence-electron chi connectivity index (χ2n) is 9.83. The van der Waals surface area contributed by atoms with Crippen LogP contribution >= 0.6 is 11.8 Å². The molecule has 200 valence electrons. The van der Waals surface area contributed by atoms with Crippen molar-refractivity contribution in [1.82, 2.24) is 5.32 Å². The van der Waals surface area contributed by atoms with Crippen molar-refractivity contribution in [1.29, 1.82) is 5.26 Å². The van der Waals surface area contributed by atoms with E-state index in [2.05, 4.69) is 22.0 Å². The van der Waals surface area contributed by atoms with E-state index in [1.807, 2.05) is 65.0 Å². The molecule has 0 aliphatic carbocycles. The van der Waals surface area contributed by atoms with Crippen molar-refractivity contribution in [2.45, 2.75) is 47.5 Å². The Bertz CT molecular complexity index is 1520. The van der Waals surface area contributed by atoms with Crippen LogP contribution in [0.25, 0.3) is 0 Å². The third kappa shape index (κ3) is 6.10. The van der Waals surface area contributed by atoms with Crippen molar-refractivity contribution in [2.75, 3.05) is 16.4 Å². The lowest BCUT2D eigenvalue weighted by atomic mass is 9.85. The van der Waals surface area contributed by atoms with Crippen LogP contribution < -0.4 is 16.0 Å². The summed E-state index contributed by atoms with van der Waals surface area (Å²) in [5.74, 6) is -0.669. The number of nitrogens with zero attached hydrogens (tertiary/aromatic N) is 1. The Morgan fingerprint density at radius 2 is 1.69 bits per heavy atom. The van der Waals surface area contributed by atoms with E-state index in [0.29, 0.717) is 27.6 Å². The van der Waals surface area contributed by atoms with Gasteiger partial charge in [0.05, 0.1) is 40.2 Å². The highest BCUT2D eigenvalue weighted by Gasteiger charge is 2.36. The predicted octanol–water partition coefficient (Wildman–Crippen LogP) is 6.53. The minimum absolute atomic E-state index is 0.0852. The smallest absolute Gasteiger partial charge is 0.254 e. The molecule has 0 unspecified atom stereocenters. The number of hydrogen-bond donors (Lipinski definition) is 3.